The van der Waals surface area contributed by atoms with Crippen LogP contribution in [0.5, 0.6) is 0 Å². The largest absolute Gasteiger partial charge is 0.358 e. The smallest absolute Gasteiger partial charge is 0.178 e. The van der Waals surface area contributed by atoms with E-state index < -0.39 is 5.82 Å². The number of hydrogen-bond acceptors (Lipinski definition) is 7. The summed E-state index contributed by atoms with van der Waals surface area (Å²) < 4.78 is 29.8. The monoisotopic (exact) mass is 554 g/mol. The van der Waals surface area contributed by atoms with E-state index >= 15 is 4.39 Å². The highest BCUT2D eigenvalue weighted by Crippen LogP contribution is 2.36. The third-order valence-electron chi connectivity index (χ3n) is 7.41. The molecule has 0 aliphatic heterocycles. The number of anilines is 1. The fourth-order valence-electron chi connectivity index (χ4n) is 5.41. The molecule has 1 fully saturated rings. The van der Waals surface area contributed by atoms with E-state index in [4.69, 9.17) is 0 Å². The van der Waals surface area contributed by atoms with Gasteiger partial charge in [0, 0.05) is 34.1 Å². The van der Waals surface area contributed by atoms with E-state index in [9.17, 15) is 4.39 Å². The molecular weight excluding hydrogens is 530 g/mol. The van der Waals surface area contributed by atoms with Gasteiger partial charge in [0.15, 0.2) is 22.4 Å². The third kappa shape index (κ3) is 4.32. The average molecular weight is 555 g/mol. The lowest BCUT2D eigenvalue weighted by Crippen LogP contribution is -2.14. The van der Waals surface area contributed by atoms with Crippen molar-refractivity contribution >= 4 is 39.1 Å². The zero-order chi connectivity index (χ0) is 27.2. The molecule has 200 valence electrons. The van der Waals surface area contributed by atoms with E-state index in [0.29, 0.717) is 39.7 Å². The van der Waals surface area contributed by atoms with Crippen LogP contribution < -0.4 is 5.32 Å². The molecule has 0 unspecified atom stereocenters. The second-order valence-electron chi connectivity index (χ2n) is 9.98. The summed E-state index contributed by atoms with van der Waals surface area (Å²) in [6.07, 6.45) is 12.4. The van der Waals surface area contributed by atoms with Gasteiger partial charge in [0.2, 0.25) is 0 Å². The quantitative estimate of drug-likeness (QED) is 0.197. The molecule has 8 nitrogen and oxygen atoms in total. The molecule has 1 aliphatic carbocycles. The predicted octanol–water partition coefficient (Wildman–Crippen LogP) is 7.47. The van der Waals surface area contributed by atoms with E-state index in [1.54, 1.807) is 36.9 Å². The zero-order valence-electron chi connectivity index (χ0n) is 21.3. The zero-order valence-corrected chi connectivity index (χ0v) is 22.2. The molecule has 0 aromatic carbocycles. The maximum Gasteiger partial charge on any atom is 0.178 e. The van der Waals surface area contributed by atoms with Gasteiger partial charge in [-0.25, -0.2) is 14.4 Å². The number of aromatic amines is 2. The first kappa shape index (κ1) is 24.5. The van der Waals surface area contributed by atoms with E-state index in [-0.39, 0.29) is 16.2 Å². The van der Waals surface area contributed by atoms with Crippen LogP contribution in [0.3, 0.4) is 0 Å². The van der Waals surface area contributed by atoms with Crippen molar-refractivity contribution in [3.8, 4) is 33.2 Å². The maximum absolute atomic E-state index is 16.1. The number of thiophene rings is 1. The van der Waals surface area contributed by atoms with Crippen molar-refractivity contribution in [2.45, 2.75) is 32.1 Å². The molecule has 0 radical (unpaired) electrons. The molecule has 0 bridgehead atoms. The summed E-state index contributed by atoms with van der Waals surface area (Å²) in [6.45, 7) is 4.24. The molecule has 0 atom stereocenters. The Kier molecular flexibility index (Phi) is 6.07. The Morgan fingerprint density at radius 2 is 1.90 bits per heavy atom. The van der Waals surface area contributed by atoms with E-state index in [1.807, 2.05) is 6.07 Å². The van der Waals surface area contributed by atoms with Crippen LogP contribution in [-0.2, 0) is 0 Å². The first-order chi connectivity index (χ1) is 19.5. The summed E-state index contributed by atoms with van der Waals surface area (Å²) in [5, 5.41) is 10.5. The molecule has 40 heavy (non-hydrogen) atoms. The molecule has 11 heteroatoms. The fourth-order valence-corrected chi connectivity index (χ4v) is 6.17. The Bertz CT molecular complexity index is 1880. The second-order valence-corrected chi connectivity index (χ2v) is 11.0. The van der Waals surface area contributed by atoms with Crippen LogP contribution in [-0.4, -0.2) is 35.1 Å². The summed E-state index contributed by atoms with van der Waals surface area (Å²) in [7, 11) is 0. The van der Waals surface area contributed by atoms with Gasteiger partial charge in [0.1, 0.15) is 11.4 Å². The minimum atomic E-state index is -0.541. The predicted molar refractivity (Wildman–Crippen MR) is 153 cm³/mol. The Balaban J connectivity index is 1.26. The number of nitrogens with zero attached hydrogens (tertiary/aromatic N) is 5. The Morgan fingerprint density at radius 1 is 1.02 bits per heavy atom. The van der Waals surface area contributed by atoms with Crippen molar-refractivity contribution < 1.29 is 8.78 Å². The Labute approximate surface area is 231 Å². The number of aromatic nitrogens is 7. The van der Waals surface area contributed by atoms with Gasteiger partial charge in [-0.3, -0.25) is 15.1 Å². The molecule has 1 saturated carbocycles. The Hall–Kier alpha value is -4.51. The number of rotatable bonds is 6. The molecule has 0 amide bonds. The van der Waals surface area contributed by atoms with Crippen molar-refractivity contribution in [1.82, 2.24) is 35.1 Å². The Morgan fingerprint density at radius 3 is 2.73 bits per heavy atom. The molecule has 0 spiro atoms. The second kappa shape index (κ2) is 9.91. The number of H-pyrrole nitrogens is 2. The molecule has 3 N–H and O–H groups in total. The fraction of sp³-hybridized carbons (Fsp3) is 0.207. The van der Waals surface area contributed by atoms with Crippen LogP contribution in [0.1, 0.15) is 32.1 Å². The first-order valence-electron chi connectivity index (χ1n) is 13.1. The number of imidazole rings is 1. The van der Waals surface area contributed by atoms with Crippen LogP contribution in [0.15, 0.2) is 61.3 Å². The summed E-state index contributed by atoms with van der Waals surface area (Å²) in [5.41, 5.74) is 4.90. The lowest BCUT2D eigenvalue weighted by Gasteiger charge is -2.24. The lowest BCUT2D eigenvalue weighted by molar-refractivity contribution is 0.405. The lowest BCUT2D eigenvalue weighted by atomic mass is 9.87. The highest BCUT2D eigenvalue weighted by molar-refractivity contribution is 7.14. The van der Waals surface area contributed by atoms with Gasteiger partial charge in [0.25, 0.3) is 0 Å². The van der Waals surface area contributed by atoms with Gasteiger partial charge in [-0.05, 0) is 43.0 Å². The van der Waals surface area contributed by atoms with Crippen molar-refractivity contribution in [3.63, 3.8) is 0 Å². The molecule has 6 heterocycles. The van der Waals surface area contributed by atoms with Gasteiger partial charge in [-0.2, -0.15) is 9.49 Å². The number of hydrogen-bond donors (Lipinski definition) is 3. The van der Waals surface area contributed by atoms with Crippen molar-refractivity contribution in [2.24, 2.45) is 5.92 Å². The van der Waals surface area contributed by atoms with Gasteiger partial charge >= 0.3 is 0 Å². The van der Waals surface area contributed by atoms with Crippen molar-refractivity contribution in [2.75, 3.05) is 5.32 Å². The summed E-state index contributed by atoms with van der Waals surface area (Å²) in [4.78, 5) is 21.6. The first-order valence-corrected chi connectivity index (χ1v) is 13.9. The number of fused-ring (bicyclic) bond motifs is 2. The molecule has 7 rings (SSSR count). The highest BCUT2D eigenvalue weighted by Gasteiger charge is 2.22. The average Bonchev–Trinajstić information content (AvgIpc) is 3.72. The van der Waals surface area contributed by atoms with Crippen molar-refractivity contribution in [1.29, 1.82) is 0 Å². The highest BCUT2D eigenvalue weighted by atomic mass is 32.1. The van der Waals surface area contributed by atoms with Gasteiger partial charge in [-0.15, -0.1) is 11.3 Å². The van der Waals surface area contributed by atoms with Crippen LogP contribution in [0.2, 0.25) is 0 Å². The number of nitrogens with one attached hydrogen (secondary N) is 3. The summed E-state index contributed by atoms with van der Waals surface area (Å²) >= 11 is 1.03. The van der Waals surface area contributed by atoms with E-state index in [1.165, 1.54) is 25.3 Å². The SMILES string of the molecule is C=C(Nc1cncc(-c2ncc3[nH]nc(-c4nc5nccc(-c6ccc(F)s6)c5[nH]4)c3c2F)c1)C1CCCCC1. The minimum Gasteiger partial charge on any atom is -0.358 e. The minimum absolute atomic E-state index is 0.151. The number of pyridine rings is 3. The van der Waals surface area contributed by atoms with Crippen LogP contribution in [0, 0.1) is 16.9 Å². The standard InChI is InChI=1S/C29H24F2N8S/c1-15(16-5-3-2-4-6-16)35-18-11-17(12-32-13-18)25-24(31)23-20(14-34-25)38-39-27(23)29-36-26-19(9-10-33-28(26)37-29)21-7-8-22(30)40-21/h7-14,16,35H,1-6H2,(H,38,39)(H,33,36,37). The molecule has 1 aliphatic rings. The molecule has 0 saturated heterocycles. The van der Waals surface area contributed by atoms with E-state index in [2.05, 4.69) is 47.0 Å². The summed E-state index contributed by atoms with van der Waals surface area (Å²) in [6, 6.07) is 6.74. The van der Waals surface area contributed by atoms with Crippen molar-refractivity contribution in [3.05, 3.63) is 72.3 Å². The third-order valence-corrected chi connectivity index (χ3v) is 8.32. The van der Waals surface area contributed by atoms with E-state index in [0.717, 1.165) is 46.0 Å². The number of halogens is 2. The van der Waals surface area contributed by atoms with Crippen LogP contribution in [0.25, 0.3) is 55.3 Å². The molecular formula is C29H24F2N8S. The van der Waals surface area contributed by atoms with Gasteiger partial charge in [0.05, 0.1) is 34.5 Å². The van der Waals surface area contributed by atoms with Gasteiger partial charge < -0.3 is 10.3 Å². The molecule has 6 aromatic rings. The summed E-state index contributed by atoms with van der Waals surface area (Å²) in [5.74, 6) is 0.224. The maximum atomic E-state index is 16.1. The number of allylic oxidation sites excluding steroid dienone is 1. The molecule has 6 aromatic heterocycles. The van der Waals surface area contributed by atoms with Crippen LogP contribution >= 0.6 is 11.3 Å². The van der Waals surface area contributed by atoms with Gasteiger partial charge in [-0.1, -0.05) is 25.8 Å². The normalized spacial score (nSPS) is 14.2. The topological polar surface area (TPSA) is 108 Å². The van der Waals surface area contributed by atoms with Crippen LogP contribution in [0.4, 0.5) is 14.5 Å².